The van der Waals surface area contributed by atoms with E-state index < -0.39 is 0 Å². The van der Waals surface area contributed by atoms with E-state index in [1.54, 1.807) is 0 Å². The highest BCUT2D eigenvalue weighted by Crippen LogP contribution is 2.10. The summed E-state index contributed by atoms with van der Waals surface area (Å²) in [5.74, 6) is -0.210. The number of hydrogen-bond donors (Lipinski definition) is 0. The average molecular weight is 217 g/mol. The maximum absolute atomic E-state index is 10.7. The zero-order chi connectivity index (χ0) is 8.10. The zero-order valence-electron chi connectivity index (χ0n) is 6.05. The van der Waals surface area contributed by atoms with E-state index in [0.29, 0.717) is 6.61 Å². The fourth-order valence-corrected chi connectivity index (χ4v) is 0.972. The Morgan fingerprint density at radius 3 is 3.09 bits per heavy atom. The van der Waals surface area contributed by atoms with Gasteiger partial charge >= 0.3 is 5.97 Å². The third-order valence-electron chi connectivity index (χ3n) is 1.38. The minimum absolute atomic E-state index is 0.210. The Bertz CT molecular complexity index is 206. The van der Waals surface area contributed by atoms with Crippen LogP contribution in [0.25, 0.3) is 0 Å². The first-order valence-corrected chi connectivity index (χ1v) is 4.51. The largest absolute Gasteiger partial charge is 0.461 e. The molecule has 0 bridgehead atoms. The van der Waals surface area contributed by atoms with Crippen LogP contribution in [0.5, 0.6) is 0 Å². The molecular weight excluding hydrogens is 208 g/mol. The molecule has 1 aliphatic rings. The van der Waals surface area contributed by atoms with Crippen molar-refractivity contribution in [3.8, 4) is 0 Å². The van der Waals surface area contributed by atoms with Gasteiger partial charge in [-0.1, -0.05) is 34.2 Å². The normalized spacial score (nSPS) is 14.8. The molecule has 0 spiro atoms. The van der Waals surface area contributed by atoms with E-state index in [9.17, 15) is 4.79 Å². The van der Waals surface area contributed by atoms with Crippen molar-refractivity contribution in [1.82, 2.24) is 0 Å². The number of allylic oxidation sites excluding steroid dienone is 3. The molecule has 0 saturated carbocycles. The summed E-state index contributed by atoms with van der Waals surface area (Å²) in [5.41, 5.74) is 1.15. The molecule has 0 aromatic heterocycles. The maximum atomic E-state index is 10.7. The van der Waals surface area contributed by atoms with Gasteiger partial charge in [-0.15, -0.1) is 0 Å². The summed E-state index contributed by atoms with van der Waals surface area (Å²) in [6.45, 7) is 0.428. The van der Waals surface area contributed by atoms with Gasteiger partial charge in [-0.3, -0.25) is 4.79 Å². The van der Waals surface area contributed by atoms with Crippen LogP contribution in [-0.4, -0.2) is 17.9 Å². The number of esters is 1. The van der Waals surface area contributed by atoms with Crippen molar-refractivity contribution in [2.45, 2.75) is 6.42 Å². The maximum Gasteiger partial charge on any atom is 0.316 e. The summed E-state index contributed by atoms with van der Waals surface area (Å²) < 4.78 is 4.88. The van der Waals surface area contributed by atoms with Gasteiger partial charge in [0, 0.05) is 0 Å². The Morgan fingerprint density at radius 1 is 1.73 bits per heavy atom. The Balaban J connectivity index is 2.18. The Kier molecular flexibility index (Phi) is 3.36. The van der Waals surface area contributed by atoms with E-state index in [-0.39, 0.29) is 11.3 Å². The van der Waals surface area contributed by atoms with Crippen molar-refractivity contribution in [2.24, 2.45) is 0 Å². The average Bonchev–Trinajstić information content (AvgIpc) is 2.52. The standard InChI is InChI=1S/C8H9BrO2/c9-5-8(10)11-6-7-3-1-2-4-7/h1-3H,4-6H2. The minimum atomic E-state index is -0.210. The number of hydrogen-bond acceptors (Lipinski definition) is 2. The van der Waals surface area contributed by atoms with Crippen LogP contribution in [0.2, 0.25) is 0 Å². The van der Waals surface area contributed by atoms with E-state index >= 15 is 0 Å². The second kappa shape index (κ2) is 4.34. The van der Waals surface area contributed by atoms with Crippen LogP contribution < -0.4 is 0 Å². The molecule has 0 aliphatic heterocycles. The van der Waals surface area contributed by atoms with Gasteiger partial charge in [0.25, 0.3) is 0 Å². The molecule has 2 nitrogen and oxygen atoms in total. The third-order valence-corrected chi connectivity index (χ3v) is 1.83. The molecule has 0 N–H and O–H groups in total. The molecule has 11 heavy (non-hydrogen) atoms. The lowest BCUT2D eigenvalue weighted by molar-refractivity contribution is -0.139. The van der Waals surface area contributed by atoms with Crippen LogP contribution in [0.3, 0.4) is 0 Å². The quantitative estimate of drug-likeness (QED) is 0.532. The second-order valence-corrected chi connectivity index (χ2v) is 2.81. The fraction of sp³-hybridized carbons (Fsp3) is 0.375. The predicted octanol–water partition coefficient (Wildman–Crippen LogP) is 1.81. The Labute approximate surface area is 74.1 Å². The Morgan fingerprint density at radius 2 is 2.55 bits per heavy atom. The molecule has 0 radical (unpaired) electrons. The van der Waals surface area contributed by atoms with Gasteiger partial charge in [-0.2, -0.15) is 0 Å². The lowest BCUT2D eigenvalue weighted by Gasteiger charge is -2.01. The second-order valence-electron chi connectivity index (χ2n) is 2.25. The molecular formula is C8H9BrO2. The van der Waals surface area contributed by atoms with Gasteiger partial charge in [0.15, 0.2) is 0 Å². The summed E-state index contributed by atoms with van der Waals surface area (Å²) in [6.07, 6.45) is 6.89. The molecule has 0 amide bonds. The number of alkyl halides is 1. The first kappa shape index (κ1) is 8.53. The van der Waals surface area contributed by atoms with Crippen molar-refractivity contribution in [3.05, 3.63) is 23.8 Å². The lowest BCUT2D eigenvalue weighted by Crippen LogP contribution is -2.07. The first-order chi connectivity index (χ1) is 5.33. The number of halogens is 1. The SMILES string of the molecule is O=C(CBr)OCC1=CC=CC1. The van der Waals surface area contributed by atoms with Crippen molar-refractivity contribution < 1.29 is 9.53 Å². The summed E-state index contributed by atoms with van der Waals surface area (Å²) >= 11 is 3.01. The smallest absolute Gasteiger partial charge is 0.316 e. The van der Waals surface area contributed by atoms with E-state index in [1.165, 1.54) is 0 Å². The number of carbonyl (C=O) groups is 1. The van der Waals surface area contributed by atoms with Crippen molar-refractivity contribution >= 4 is 21.9 Å². The predicted molar refractivity (Wildman–Crippen MR) is 46.6 cm³/mol. The van der Waals surface area contributed by atoms with Gasteiger partial charge < -0.3 is 4.74 Å². The number of carbonyl (C=O) groups excluding carboxylic acids is 1. The first-order valence-electron chi connectivity index (χ1n) is 3.39. The van der Waals surface area contributed by atoms with Gasteiger partial charge in [0.1, 0.15) is 11.9 Å². The zero-order valence-corrected chi connectivity index (χ0v) is 7.63. The highest BCUT2D eigenvalue weighted by Gasteiger charge is 2.03. The number of rotatable bonds is 3. The van der Waals surface area contributed by atoms with Gasteiger partial charge in [0.2, 0.25) is 0 Å². The van der Waals surface area contributed by atoms with Crippen LogP contribution in [-0.2, 0) is 9.53 Å². The van der Waals surface area contributed by atoms with E-state index in [0.717, 1.165) is 12.0 Å². The van der Waals surface area contributed by atoms with Gasteiger partial charge in [-0.05, 0) is 12.0 Å². The molecule has 0 aromatic rings. The van der Waals surface area contributed by atoms with Crippen LogP contribution >= 0.6 is 15.9 Å². The van der Waals surface area contributed by atoms with Crippen molar-refractivity contribution in [1.29, 1.82) is 0 Å². The van der Waals surface area contributed by atoms with E-state index in [1.807, 2.05) is 18.2 Å². The van der Waals surface area contributed by atoms with Crippen molar-refractivity contribution in [2.75, 3.05) is 11.9 Å². The summed E-state index contributed by atoms with van der Waals surface area (Å²) in [6, 6.07) is 0. The van der Waals surface area contributed by atoms with Crippen LogP contribution in [0.4, 0.5) is 0 Å². The Hall–Kier alpha value is -0.570. The van der Waals surface area contributed by atoms with E-state index in [4.69, 9.17) is 4.74 Å². The molecule has 1 rings (SSSR count). The number of ether oxygens (including phenoxy) is 1. The molecule has 0 heterocycles. The van der Waals surface area contributed by atoms with Crippen LogP contribution in [0.15, 0.2) is 23.8 Å². The minimum Gasteiger partial charge on any atom is -0.461 e. The molecule has 0 fully saturated rings. The van der Waals surface area contributed by atoms with Gasteiger partial charge in [-0.25, -0.2) is 0 Å². The highest BCUT2D eigenvalue weighted by atomic mass is 79.9. The molecule has 60 valence electrons. The molecule has 3 heteroatoms. The summed E-state index contributed by atoms with van der Waals surface area (Å²) in [7, 11) is 0. The fourth-order valence-electron chi connectivity index (χ4n) is 0.810. The van der Waals surface area contributed by atoms with Crippen molar-refractivity contribution in [3.63, 3.8) is 0 Å². The van der Waals surface area contributed by atoms with E-state index in [2.05, 4.69) is 15.9 Å². The van der Waals surface area contributed by atoms with Crippen LogP contribution in [0.1, 0.15) is 6.42 Å². The topological polar surface area (TPSA) is 26.3 Å². The molecule has 0 atom stereocenters. The summed E-state index contributed by atoms with van der Waals surface area (Å²) in [5, 5.41) is 0.272. The molecule has 1 aliphatic carbocycles. The molecule has 0 aromatic carbocycles. The highest BCUT2D eigenvalue weighted by molar-refractivity contribution is 9.09. The monoisotopic (exact) mass is 216 g/mol. The molecule has 0 saturated heterocycles. The lowest BCUT2D eigenvalue weighted by atomic mass is 10.2. The third kappa shape index (κ3) is 2.89. The van der Waals surface area contributed by atoms with Crippen LogP contribution in [0, 0.1) is 0 Å². The van der Waals surface area contributed by atoms with Gasteiger partial charge in [0.05, 0.1) is 0 Å². The summed E-state index contributed by atoms with van der Waals surface area (Å²) in [4.78, 5) is 10.7. The molecule has 0 unspecified atom stereocenters.